The fourth-order valence-electron chi connectivity index (χ4n) is 2.52. The maximum Gasteiger partial charge on any atom is 0.240 e. The Bertz CT molecular complexity index is 867. The lowest BCUT2D eigenvalue weighted by Gasteiger charge is -2.12. The van der Waals surface area contributed by atoms with Gasteiger partial charge in [0.1, 0.15) is 12.2 Å². The van der Waals surface area contributed by atoms with E-state index in [4.69, 9.17) is 0 Å². The van der Waals surface area contributed by atoms with Crippen molar-refractivity contribution in [2.45, 2.75) is 38.6 Å². The molecule has 0 atom stereocenters. The highest BCUT2D eigenvalue weighted by Gasteiger charge is 2.12. The number of halogens is 1. The second-order valence-electron chi connectivity index (χ2n) is 6.19. The maximum atomic E-state index is 12.3. The van der Waals surface area contributed by atoms with Crippen LogP contribution in [-0.2, 0) is 23.0 Å². The highest BCUT2D eigenvalue weighted by atomic mass is 127. The SMILES string of the molecule is CCNC(=NCCNS(=O)(=O)c1ccc(C)cc1)NCCn1cnnc1CC.I. The molecule has 2 rings (SSSR count). The minimum Gasteiger partial charge on any atom is -0.357 e. The quantitative estimate of drug-likeness (QED) is 0.183. The first-order valence-electron chi connectivity index (χ1n) is 9.41. The van der Waals surface area contributed by atoms with E-state index in [1.807, 2.05) is 25.3 Å². The number of aryl methyl sites for hydroxylation is 2. The summed E-state index contributed by atoms with van der Waals surface area (Å²) in [5.41, 5.74) is 1.02. The van der Waals surface area contributed by atoms with E-state index in [1.165, 1.54) is 0 Å². The molecule has 0 saturated heterocycles. The van der Waals surface area contributed by atoms with Crippen molar-refractivity contribution in [3.63, 3.8) is 0 Å². The molecule has 162 valence electrons. The van der Waals surface area contributed by atoms with Crippen LogP contribution in [0.2, 0.25) is 0 Å². The minimum absolute atomic E-state index is 0. The summed E-state index contributed by atoms with van der Waals surface area (Å²) in [5, 5.41) is 14.4. The van der Waals surface area contributed by atoms with E-state index in [1.54, 1.807) is 30.6 Å². The van der Waals surface area contributed by atoms with Gasteiger partial charge in [-0.15, -0.1) is 34.2 Å². The van der Waals surface area contributed by atoms with Gasteiger partial charge in [0, 0.05) is 32.6 Å². The number of hydrogen-bond donors (Lipinski definition) is 3. The molecule has 0 amide bonds. The molecule has 1 heterocycles. The normalized spacial score (nSPS) is 11.8. The smallest absolute Gasteiger partial charge is 0.240 e. The van der Waals surface area contributed by atoms with Gasteiger partial charge in [0.2, 0.25) is 10.0 Å². The fraction of sp³-hybridized carbons (Fsp3) is 0.500. The third-order valence-electron chi connectivity index (χ3n) is 4.01. The van der Waals surface area contributed by atoms with Crippen molar-refractivity contribution < 1.29 is 8.42 Å². The summed E-state index contributed by atoms with van der Waals surface area (Å²) in [5.74, 6) is 1.58. The molecule has 0 saturated carbocycles. The first-order valence-corrected chi connectivity index (χ1v) is 10.9. The Hall–Kier alpha value is -1.73. The van der Waals surface area contributed by atoms with Gasteiger partial charge in [0.05, 0.1) is 11.4 Å². The Kier molecular flexibility index (Phi) is 11.1. The number of aliphatic imine (C=N–C) groups is 1. The van der Waals surface area contributed by atoms with Gasteiger partial charge in [-0.25, -0.2) is 13.1 Å². The van der Waals surface area contributed by atoms with Gasteiger partial charge < -0.3 is 15.2 Å². The number of nitrogens with one attached hydrogen (secondary N) is 3. The summed E-state index contributed by atoms with van der Waals surface area (Å²) in [6.07, 6.45) is 2.54. The molecule has 29 heavy (non-hydrogen) atoms. The number of aromatic nitrogens is 3. The molecule has 0 bridgehead atoms. The lowest BCUT2D eigenvalue weighted by molar-refractivity contribution is 0.582. The minimum atomic E-state index is -3.52. The van der Waals surface area contributed by atoms with Crippen molar-refractivity contribution in [1.82, 2.24) is 30.1 Å². The summed E-state index contributed by atoms with van der Waals surface area (Å²) in [7, 11) is -3.52. The average Bonchev–Trinajstić information content (AvgIpc) is 3.13. The molecular formula is C18H30IN7O2S. The van der Waals surface area contributed by atoms with Crippen LogP contribution in [0.15, 0.2) is 40.5 Å². The molecule has 1 aromatic carbocycles. The molecular weight excluding hydrogens is 505 g/mol. The lowest BCUT2D eigenvalue weighted by Crippen LogP contribution is -2.39. The molecule has 1 aromatic heterocycles. The molecule has 0 aliphatic heterocycles. The summed E-state index contributed by atoms with van der Waals surface area (Å²) in [6, 6.07) is 6.75. The molecule has 0 aliphatic carbocycles. The summed E-state index contributed by atoms with van der Waals surface area (Å²) >= 11 is 0. The number of benzene rings is 1. The summed E-state index contributed by atoms with van der Waals surface area (Å²) < 4.78 is 29.1. The van der Waals surface area contributed by atoms with Crippen molar-refractivity contribution in [2.75, 3.05) is 26.2 Å². The standard InChI is InChI=1S/C18H29N7O2S.HI/c1-4-17-24-22-14-25(17)13-12-21-18(19-5-2)20-10-11-23-28(26,27)16-8-6-15(3)7-9-16;/h6-9,14,23H,4-5,10-13H2,1-3H3,(H2,19,20,21);1H. The number of sulfonamides is 1. The maximum absolute atomic E-state index is 12.3. The molecule has 11 heteroatoms. The lowest BCUT2D eigenvalue weighted by atomic mass is 10.2. The van der Waals surface area contributed by atoms with E-state index in [0.717, 1.165) is 24.4 Å². The van der Waals surface area contributed by atoms with Crippen LogP contribution >= 0.6 is 24.0 Å². The van der Waals surface area contributed by atoms with Gasteiger partial charge in [0.15, 0.2) is 5.96 Å². The van der Waals surface area contributed by atoms with E-state index in [2.05, 4.69) is 30.5 Å². The number of hydrogen-bond acceptors (Lipinski definition) is 5. The van der Waals surface area contributed by atoms with Gasteiger partial charge in [-0.05, 0) is 26.0 Å². The van der Waals surface area contributed by atoms with Crippen LogP contribution in [0.25, 0.3) is 0 Å². The molecule has 9 nitrogen and oxygen atoms in total. The molecule has 0 radical (unpaired) electrons. The fourth-order valence-corrected chi connectivity index (χ4v) is 3.55. The van der Waals surface area contributed by atoms with Crippen LogP contribution in [0.4, 0.5) is 0 Å². The predicted molar refractivity (Wildman–Crippen MR) is 125 cm³/mol. The average molecular weight is 535 g/mol. The second-order valence-corrected chi connectivity index (χ2v) is 7.96. The third kappa shape index (κ3) is 8.26. The zero-order valence-corrected chi connectivity index (χ0v) is 20.2. The van der Waals surface area contributed by atoms with Crippen LogP contribution in [0, 0.1) is 6.92 Å². The molecule has 0 spiro atoms. The van der Waals surface area contributed by atoms with E-state index in [-0.39, 0.29) is 35.4 Å². The first kappa shape index (κ1) is 25.3. The topological polar surface area (TPSA) is 113 Å². The summed E-state index contributed by atoms with van der Waals surface area (Å²) in [4.78, 5) is 4.67. The van der Waals surface area contributed by atoms with Crippen molar-refractivity contribution in [1.29, 1.82) is 0 Å². The van der Waals surface area contributed by atoms with Crippen molar-refractivity contribution in [3.8, 4) is 0 Å². The van der Waals surface area contributed by atoms with Gasteiger partial charge in [-0.1, -0.05) is 24.6 Å². The molecule has 2 aromatic rings. The van der Waals surface area contributed by atoms with E-state index >= 15 is 0 Å². The number of nitrogens with zero attached hydrogens (tertiary/aromatic N) is 4. The van der Waals surface area contributed by atoms with Crippen molar-refractivity contribution in [3.05, 3.63) is 42.0 Å². The largest absolute Gasteiger partial charge is 0.357 e. The monoisotopic (exact) mass is 535 g/mol. The summed E-state index contributed by atoms with van der Waals surface area (Å²) in [6.45, 7) is 8.58. The van der Waals surface area contributed by atoms with Crippen LogP contribution in [-0.4, -0.2) is 55.3 Å². The first-order chi connectivity index (χ1) is 13.5. The van der Waals surface area contributed by atoms with Crippen LogP contribution in [0.5, 0.6) is 0 Å². The van der Waals surface area contributed by atoms with Crippen LogP contribution in [0.1, 0.15) is 25.2 Å². The van der Waals surface area contributed by atoms with E-state index in [9.17, 15) is 8.42 Å². The Morgan fingerprint density at radius 2 is 1.86 bits per heavy atom. The highest BCUT2D eigenvalue weighted by Crippen LogP contribution is 2.09. The Morgan fingerprint density at radius 1 is 1.14 bits per heavy atom. The van der Waals surface area contributed by atoms with Crippen LogP contribution < -0.4 is 15.4 Å². The van der Waals surface area contributed by atoms with E-state index < -0.39 is 10.0 Å². The zero-order valence-electron chi connectivity index (χ0n) is 17.1. The third-order valence-corrected chi connectivity index (χ3v) is 5.48. The number of guanidine groups is 1. The van der Waals surface area contributed by atoms with Gasteiger partial charge in [-0.3, -0.25) is 4.99 Å². The highest BCUT2D eigenvalue weighted by molar-refractivity contribution is 14.0. The molecule has 0 aliphatic rings. The molecule has 0 fully saturated rings. The van der Waals surface area contributed by atoms with Crippen molar-refractivity contribution >= 4 is 40.0 Å². The van der Waals surface area contributed by atoms with Gasteiger partial charge in [-0.2, -0.15) is 0 Å². The second kappa shape index (κ2) is 12.8. The van der Waals surface area contributed by atoms with Crippen molar-refractivity contribution in [2.24, 2.45) is 4.99 Å². The number of rotatable bonds is 10. The van der Waals surface area contributed by atoms with Gasteiger partial charge >= 0.3 is 0 Å². The van der Waals surface area contributed by atoms with Crippen LogP contribution in [0.3, 0.4) is 0 Å². The zero-order chi connectivity index (χ0) is 20.4. The Labute approximate surface area is 189 Å². The Balaban J connectivity index is 0.00000420. The van der Waals surface area contributed by atoms with E-state index in [0.29, 0.717) is 25.6 Å². The molecule has 0 unspecified atom stereocenters. The molecule has 3 N–H and O–H groups in total. The Morgan fingerprint density at radius 3 is 2.52 bits per heavy atom. The van der Waals surface area contributed by atoms with Gasteiger partial charge in [0.25, 0.3) is 0 Å². The predicted octanol–water partition coefficient (Wildman–Crippen LogP) is 1.30.